The number of nitrogens with one attached hydrogen (secondary N) is 3. The summed E-state index contributed by atoms with van der Waals surface area (Å²) in [4.78, 5) is 26.6. The van der Waals surface area contributed by atoms with E-state index in [1.54, 1.807) is 0 Å². The van der Waals surface area contributed by atoms with Crippen molar-refractivity contribution in [2.45, 2.75) is 9.79 Å². The fraction of sp³-hybridized carbons (Fsp3) is 0.412. The average molecular weight is 900 g/mol. The molecule has 0 fully saturated rings. The molecule has 0 aliphatic heterocycles. The summed E-state index contributed by atoms with van der Waals surface area (Å²) in [6, 6.07) is 7.32. The third kappa shape index (κ3) is 15.8. The molecule has 2 aromatic heterocycles. The Kier molecular flexibility index (Phi) is 20.2. The Bertz CT molecular complexity index is 2090. The van der Waals surface area contributed by atoms with Gasteiger partial charge in [-0.05, 0) is 35.4 Å². The van der Waals surface area contributed by atoms with Crippen LogP contribution in [0.25, 0.3) is 12.2 Å². The predicted octanol–water partition coefficient (Wildman–Crippen LogP) is -1.63. The van der Waals surface area contributed by atoms with Gasteiger partial charge in [0.25, 0.3) is 20.2 Å². The Hall–Kier alpha value is -5.46. The molecule has 4 aromatic rings. The standard InChI is InChI=1S/C30H38N10O12S2.C4H11NO2/c1-51-29-35-25(33-27(37-29)39(9-13-41)10-14-42)31-21-7-5-19(23(17-21)53(45,46)47)3-4-20-6-8-22(18-24(20)54(48,49)50)32-26-34-28(38-30(36-26)52-2)40(11-15-43)12-16-44;6-3-1-5-2-4-7/h3-8,17-18,41-44H,9-16H2,1-2H3,(H,45,46,47)(H,48,49,50)(H,31,33,35,37)(H,32,34,36,38);5-7H,1-4H2/b4-3+;. The number of anilines is 6. The zero-order valence-electron chi connectivity index (χ0n) is 33.0. The third-order valence-electron chi connectivity index (χ3n) is 7.73. The van der Waals surface area contributed by atoms with Crippen LogP contribution in [0.15, 0.2) is 46.2 Å². The maximum absolute atomic E-state index is 12.5. The highest BCUT2D eigenvalue weighted by Crippen LogP contribution is 2.29. The van der Waals surface area contributed by atoms with Gasteiger partial charge >= 0.3 is 12.0 Å². The van der Waals surface area contributed by atoms with E-state index < -0.39 is 30.0 Å². The molecule has 0 saturated heterocycles. The van der Waals surface area contributed by atoms with Gasteiger partial charge in [-0.3, -0.25) is 9.11 Å². The molecule has 27 heteroatoms. The molecule has 0 spiro atoms. The minimum atomic E-state index is -4.88. The highest BCUT2D eigenvalue weighted by molar-refractivity contribution is 7.86. The van der Waals surface area contributed by atoms with Gasteiger partial charge in [0.2, 0.25) is 23.8 Å². The first-order valence-electron chi connectivity index (χ1n) is 18.1. The number of benzene rings is 2. The van der Waals surface area contributed by atoms with Crippen molar-refractivity contribution in [3.8, 4) is 12.0 Å². The smallest absolute Gasteiger partial charge is 0.322 e. The number of hydrogen-bond donors (Lipinski definition) is 11. The Morgan fingerprint density at radius 2 is 0.918 bits per heavy atom. The van der Waals surface area contributed by atoms with Gasteiger partial charge in [0, 0.05) is 50.6 Å². The van der Waals surface area contributed by atoms with E-state index in [2.05, 4.69) is 45.9 Å². The largest absolute Gasteiger partial charge is 0.467 e. The molecular formula is C34H49N11O14S2. The number of aliphatic hydroxyl groups is 6. The molecule has 11 N–H and O–H groups in total. The van der Waals surface area contributed by atoms with Crippen molar-refractivity contribution in [1.29, 1.82) is 0 Å². The van der Waals surface area contributed by atoms with E-state index in [4.69, 9.17) is 19.7 Å². The fourth-order valence-corrected chi connectivity index (χ4v) is 6.46. The highest BCUT2D eigenvalue weighted by atomic mass is 32.2. The van der Waals surface area contributed by atoms with Crippen molar-refractivity contribution in [2.75, 3.05) is 114 Å². The van der Waals surface area contributed by atoms with Gasteiger partial charge in [0.1, 0.15) is 9.79 Å². The number of aliphatic hydroxyl groups excluding tert-OH is 6. The van der Waals surface area contributed by atoms with E-state index >= 15 is 0 Å². The van der Waals surface area contributed by atoms with E-state index in [0.29, 0.717) is 13.1 Å². The molecule has 2 aromatic carbocycles. The Morgan fingerprint density at radius 1 is 0.557 bits per heavy atom. The van der Waals surface area contributed by atoms with Crippen LogP contribution in [0, 0.1) is 0 Å². The van der Waals surface area contributed by atoms with Crippen LogP contribution in [0.4, 0.5) is 35.2 Å². The third-order valence-corrected chi connectivity index (χ3v) is 9.55. The van der Waals surface area contributed by atoms with Gasteiger partial charge in [-0.1, -0.05) is 24.3 Å². The molecular weight excluding hydrogens is 851 g/mol. The van der Waals surface area contributed by atoms with E-state index in [9.17, 15) is 46.4 Å². The zero-order chi connectivity index (χ0) is 45.0. The Labute approximate surface area is 350 Å². The topological polar surface area (TPSA) is 368 Å². The molecule has 0 bridgehead atoms. The first-order valence-corrected chi connectivity index (χ1v) is 20.9. The molecule has 336 valence electrons. The zero-order valence-corrected chi connectivity index (χ0v) is 34.7. The molecule has 0 atom stereocenters. The van der Waals surface area contributed by atoms with Crippen LogP contribution in [0.2, 0.25) is 0 Å². The molecule has 0 aliphatic rings. The fourth-order valence-electron chi connectivity index (χ4n) is 5.04. The van der Waals surface area contributed by atoms with Gasteiger partial charge in [0.05, 0.1) is 53.9 Å². The lowest BCUT2D eigenvalue weighted by Crippen LogP contribution is -2.31. The molecule has 25 nitrogen and oxygen atoms in total. The maximum atomic E-state index is 12.5. The summed E-state index contributed by atoms with van der Waals surface area (Å²) in [6.07, 6.45) is 2.41. The quantitative estimate of drug-likeness (QED) is 0.0214. The van der Waals surface area contributed by atoms with Crippen LogP contribution in [0.3, 0.4) is 0 Å². The van der Waals surface area contributed by atoms with Crippen molar-refractivity contribution in [1.82, 2.24) is 35.2 Å². The van der Waals surface area contributed by atoms with Crippen molar-refractivity contribution in [3.63, 3.8) is 0 Å². The molecule has 4 rings (SSSR count). The summed E-state index contributed by atoms with van der Waals surface area (Å²) < 4.78 is 80.3. The van der Waals surface area contributed by atoms with Crippen LogP contribution in [0.1, 0.15) is 11.1 Å². The predicted molar refractivity (Wildman–Crippen MR) is 221 cm³/mol. The summed E-state index contributed by atoms with van der Waals surface area (Å²) in [7, 11) is -7.14. The number of rotatable bonds is 24. The Morgan fingerprint density at radius 3 is 1.21 bits per heavy atom. The summed E-state index contributed by atoms with van der Waals surface area (Å²) in [5, 5.41) is 62.3. The number of ether oxygens (including phenoxy) is 2. The lowest BCUT2D eigenvalue weighted by molar-refractivity contribution is 0.266. The minimum Gasteiger partial charge on any atom is -0.467 e. The Balaban J connectivity index is 0.00000130. The lowest BCUT2D eigenvalue weighted by Gasteiger charge is -2.21. The summed E-state index contributed by atoms with van der Waals surface area (Å²) in [5.74, 6) is -0.127. The van der Waals surface area contributed by atoms with Crippen molar-refractivity contribution >= 4 is 67.6 Å². The maximum Gasteiger partial charge on any atom is 0.322 e. The second-order valence-corrected chi connectivity index (χ2v) is 14.8. The number of methoxy groups -OCH3 is 2. The first kappa shape index (κ1) is 49.9. The minimum absolute atomic E-state index is 0.0402. The highest BCUT2D eigenvalue weighted by Gasteiger charge is 2.20. The van der Waals surface area contributed by atoms with Crippen molar-refractivity contribution in [3.05, 3.63) is 47.5 Å². The molecule has 0 amide bonds. The van der Waals surface area contributed by atoms with Gasteiger partial charge in [-0.2, -0.15) is 46.7 Å². The number of aromatic nitrogens is 6. The first-order chi connectivity index (χ1) is 29.1. The second-order valence-electron chi connectivity index (χ2n) is 12.0. The SMILES string of the molecule is COc1nc(Nc2ccc(/C=C/c3ccc(Nc4nc(OC)nc(N(CCO)CCO)n4)cc3S(=O)(=O)O)c(S(=O)(=O)O)c2)nc(N(CCO)CCO)n1.OCCNCCO. The van der Waals surface area contributed by atoms with Crippen LogP contribution in [-0.2, 0) is 20.2 Å². The van der Waals surface area contributed by atoms with Crippen molar-refractivity contribution < 1.29 is 66.1 Å². The van der Waals surface area contributed by atoms with Gasteiger partial charge in [-0.25, -0.2) is 0 Å². The summed E-state index contributed by atoms with van der Waals surface area (Å²) in [6.45, 7) is 0.630. The van der Waals surface area contributed by atoms with Crippen LogP contribution >= 0.6 is 0 Å². The number of nitrogens with zero attached hydrogens (tertiary/aromatic N) is 8. The monoisotopic (exact) mass is 899 g/mol. The molecule has 2 heterocycles. The number of hydrogen-bond acceptors (Lipinski definition) is 23. The molecule has 0 saturated carbocycles. The van der Waals surface area contributed by atoms with Crippen LogP contribution in [0.5, 0.6) is 12.0 Å². The van der Waals surface area contributed by atoms with E-state index in [-0.39, 0.29) is 124 Å². The van der Waals surface area contributed by atoms with E-state index in [0.717, 1.165) is 12.1 Å². The van der Waals surface area contributed by atoms with Crippen LogP contribution < -0.4 is 35.2 Å². The molecule has 0 aliphatic carbocycles. The summed E-state index contributed by atoms with van der Waals surface area (Å²) in [5.41, 5.74) is 0.0472. The van der Waals surface area contributed by atoms with Crippen molar-refractivity contribution in [2.24, 2.45) is 0 Å². The molecule has 61 heavy (non-hydrogen) atoms. The molecule has 0 unspecified atom stereocenters. The molecule has 0 radical (unpaired) electrons. The lowest BCUT2D eigenvalue weighted by atomic mass is 10.1. The summed E-state index contributed by atoms with van der Waals surface area (Å²) >= 11 is 0. The average Bonchev–Trinajstić information content (AvgIpc) is 3.22. The van der Waals surface area contributed by atoms with E-state index in [1.807, 2.05) is 0 Å². The van der Waals surface area contributed by atoms with Gasteiger partial charge < -0.3 is 65.9 Å². The van der Waals surface area contributed by atoms with Gasteiger partial charge in [0.15, 0.2) is 0 Å². The second kappa shape index (κ2) is 24.7. The normalized spacial score (nSPS) is 11.5. The van der Waals surface area contributed by atoms with Crippen LogP contribution in [-0.4, -0.2) is 180 Å². The van der Waals surface area contributed by atoms with Gasteiger partial charge in [-0.15, -0.1) is 0 Å². The van der Waals surface area contributed by atoms with E-state index in [1.165, 1.54) is 60.4 Å².